The van der Waals surface area contributed by atoms with E-state index in [4.69, 9.17) is 16.1 Å². The van der Waals surface area contributed by atoms with Crippen LogP contribution in [0.1, 0.15) is 16.5 Å². The largest absolute Gasteiger partial charge is 0.393 e. The summed E-state index contributed by atoms with van der Waals surface area (Å²) in [6.07, 6.45) is 0. The SMILES string of the molecule is CN(C)c1ccc([C@H]2C(c3nc4ccccc4s3)=C(N)SC(=N)[C@H]2C#N)cc1. The van der Waals surface area contributed by atoms with Gasteiger partial charge in [0.25, 0.3) is 0 Å². The number of allylic oxidation sites excluding steroid dienone is 1. The molecule has 1 aliphatic rings. The molecule has 0 aliphatic carbocycles. The van der Waals surface area contributed by atoms with Gasteiger partial charge in [0.2, 0.25) is 0 Å². The summed E-state index contributed by atoms with van der Waals surface area (Å²) in [5.41, 5.74) is 10.2. The van der Waals surface area contributed by atoms with Crippen molar-refractivity contribution >= 4 is 49.6 Å². The monoisotopic (exact) mass is 405 g/mol. The zero-order valence-electron chi connectivity index (χ0n) is 15.5. The van der Waals surface area contributed by atoms with Gasteiger partial charge in [-0.1, -0.05) is 36.0 Å². The smallest absolute Gasteiger partial charge is 0.123 e. The maximum absolute atomic E-state index is 9.83. The summed E-state index contributed by atoms with van der Waals surface area (Å²) in [5.74, 6) is -0.889. The van der Waals surface area contributed by atoms with Gasteiger partial charge >= 0.3 is 0 Å². The highest BCUT2D eigenvalue weighted by molar-refractivity contribution is 8.17. The number of nitrogens with two attached hydrogens (primary N) is 1. The van der Waals surface area contributed by atoms with Crippen LogP contribution in [0.4, 0.5) is 5.69 Å². The summed E-state index contributed by atoms with van der Waals surface area (Å²) in [6.45, 7) is 0. The van der Waals surface area contributed by atoms with Crippen molar-refractivity contribution in [3.05, 3.63) is 64.1 Å². The second-order valence-corrected chi connectivity index (χ2v) is 8.92. The molecule has 0 spiro atoms. The maximum Gasteiger partial charge on any atom is 0.123 e. The quantitative estimate of drug-likeness (QED) is 0.663. The Hall–Kier alpha value is -2.82. The number of aromatic nitrogens is 1. The molecule has 1 aliphatic heterocycles. The van der Waals surface area contributed by atoms with E-state index in [9.17, 15) is 5.26 Å². The Morgan fingerprint density at radius 3 is 2.50 bits per heavy atom. The fraction of sp³-hybridized carbons (Fsp3) is 0.190. The van der Waals surface area contributed by atoms with Gasteiger partial charge in [-0.05, 0) is 29.8 Å². The van der Waals surface area contributed by atoms with E-state index < -0.39 is 5.92 Å². The number of nitrogens with zero attached hydrogens (tertiary/aromatic N) is 3. The van der Waals surface area contributed by atoms with Gasteiger partial charge < -0.3 is 10.6 Å². The second-order valence-electron chi connectivity index (χ2n) is 6.80. The molecule has 0 saturated heterocycles. The predicted molar refractivity (Wildman–Crippen MR) is 119 cm³/mol. The van der Waals surface area contributed by atoms with Crippen molar-refractivity contribution in [2.24, 2.45) is 11.7 Å². The molecule has 4 rings (SSSR count). The third-order valence-corrected chi connectivity index (χ3v) is 6.83. The topological polar surface area (TPSA) is 89.8 Å². The fourth-order valence-electron chi connectivity index (χ4n) is 3.41. The number of para-hydroxylation sites is 1. The van der Waals surface area contributed by atoms with Crippen LogP contribution in [0.2, 0.25) is 0 Å². The molecule has 0 fully saturated rings. The molecule has 2 aromatic carbocycles. The summed E-state index contributed by atoms with van der Waals surface area (Å²) in [5, 5.41) is 19.8. The number of thiazole rings is 1. The van der Waals surface area contributed by atoms with Crippen molar-refractivity contribution in [3.63, 3.8) is 0 Å². The minimum Gasteiger partial charge on any atom is -0.393 e. The van der Waals surface area contributed by atoms with E-state index in [2.05, 4.69) is 6.07 Å². The number of hydrogen-bond donors (Lipinski definition) is 2. The molecule has 5 nitrogen and oxygen atoms in total. The Kier molecular flexibility index (Phi) is 4.84. The van der Waals surface area contributed by atoms with Crippen LogP contribution in [0, 0.1) is 22.7 Å². The molecule has 28 heavy (non-hydrogen) atoms. The molecule has 0 saturated carbocycles. The number of hydrogen-bond acceptors (Lipinski definition) is 7. The highest BCUT2D eigenvalue weighted by Crippen LogP contribution is 2.48. The van der Waals surface area contributed by atoms with Gasteiger partial charge in [0.15, 0.2) is 0 Å². The van der Waals surface area contributed by atoms with Crippen LogP contribution in [0.15, 0.2) is 53.6 Å². The molecule has 0 unspecified atom stereocenters. The van der Waals surface area contributed by atoms with E-state index in [1.807, 2.05) is 67.5 Å². The average Bonchev–Trinajstić information content (AvgIpc) is 3.11. The number of rotatable bonds is 3. The number of nitriles is 1. The first-order valence-electron chi connectivity index (χ1n) is 8.78. The minimum absolute atomic E-state index is 0.284. The highest BCUT2D eigenvalue weighted by atomic mass is 32.2. The van der Waals surface area contributed by atoms with Crippen molar-refractivity contribution in [1.82, 2.24) is 4.98 Å². The second kappa shape index (κ2) is 7.30. The van der Waals surface area contributed by atoms with Crippen molar-refractivity contribution in [1.29, 1.82) is 10.7 Å². The maximum atomic E-state index is 9.83. The van der Waals surface area contributed by atoms with Gasteiger partial charge in [-0.3, -0.25) is 5.41 Å². The zero-order valence-corrected chi connectivity index (χ0v) is 17.1. The summed E-state index contributed by atoms with van der Waals surface area (Å²) >= 11 is 2.75. The lowest BCUT2D eigenvalue weighted by atomic mass is 9.81. The van der Waals surface area contributed by atoms with Crippen LogP contribution in [-0.2, 0) is 0 Å². The highest BCUT2D eigenvalue weighted by Gasteiger charge is 2.38. The first kappa shape index (κ1) is 18.5. The van der Waals surface area contributed by atoms with Crippen molar-refractivity contribution in [3.8, 4) is 6.07 Å². The van der Waals surface area contributed by atoms with E-state index in [0.29, 0.717) is 5.03 Å². The zero-order chi connectivity index (χ0) is 19.8. The minimum atomic E-state index is -0.579. The number of anilines is 1. The van der Waals surface area contributed by atoms with E-state index in [-0.39, 0.29) is 11.0 Å². The Labute approximate surface area is 172 Å². The first-order chi connectivity index (χ1) is 13.5. The van der Waals surface area contributed by atoms with Crippen LogP contribution in [0.25, 0.3) is 15.8 Å². The summed E-state index contributed by atoms with van der Waals surface area (Å²) < 4.78 is 1.08. The molecular weight excluding hydrogens is 386 g/mol. The molecule has 3 aromatic rings. The standard InChI is InChI=1S/C21H19N5S2/c1-26(2)13-9-7-12(8-10-13)17-14(11-22)19(23)28-20(24)18(17)21-25-15-5-3-4-6-16(15)27-21/h3-10,14,17,23H,24H2,1-2H3/t14-,17+/m0/s1. The van der Waals surface area contributed by atoms with Gasteiger partial charge in [0, 0.05) is 31.3 Å². The van der Waals surface area contributed by atoms with Crippen LogP contribution in [0.3, 0.4) is 0 Å². The Bertz CT molecular complexity index is 1090. The molecule has 2 atom stereocenters. The molecular formula is C21H19N5S2. The van der Waals surface area contributed by atoms with Crippen molar-refractivity contribution in [2.75, 3.05) is 19.0 Å². The molecule has 2 heterocycles. The Morgan fingerprint density at radius 2 is 1.86 bits per heavy atom. The van der Waals surface area contributed by atoms with E-state index in [1.54, 1.807) is 11.3 Å². The van der Waals surface area contributed by atoms with E-state index >= 15 is 0 Å². The molecule has 0 bridgehead atoms. The van der Waals surface area contributed by atoms with Crippen LogP contribution in [-0.4, -0.2) is 24.1 Å². The lowest BCUT2D eigenvalue weighted by Gasteiger charge is -2.30. The van der Waals surface area contributed by atoms with Gasteiger partial charge in [-0.15, -0.1) is 11.3 Å². The third-order valence-electron chi connectivity index (χ3n) is 4.84. The predicted octanol–water partition coefficient (Wildman–Crippen LogP) is 4.64. The summed E-state index contributed by atoms with van der Waals surface area (Å²) in [4.78, 5) is 6.81. The molecule has 0 amide bonds. The lowest BCUT2D eigenvalue weighted by molar-refractivity contribution is 0.771. The molecule has 140 valence electrons. The average molecular weight is 406 g/mol. The molecule has 1 aromatic heterocycles. The number of thioether (sulfide) groups is 1. The van der Waals surface area contributed by atoms with Gasteiger partial charge in [0.05, 0.1) is 26.4 Å². The van der Waals surface area contributed by atoms with E-state index in [0.717, 1.165) is 32.0 Å². The number of benzene rings is 2. The van der Waals surface area contributed by atoms with Crippen LogP contribution in [0.5, 0.6) is 0 Å². The number of nitrogens with one attached hydrogen (secondary N) is 1. The Balaban J connectivity index is 1.88. The fourth-order valence-corrected chi connectivity index (χ4v) is 5.42. The molecule has 0 radical (unpaired) electrons. The normalized spacial score (nSPS) is 19.7. The van der Waals surface area contributed by atoms with Gasteiger partial charge in [0.1, 0.15) is 10.9 Å². The third kappa shape index (κ3) is 3.15. The van der Waals surface area contributed by atoms with Gasteiger partial charge in [-0.2, -0.15) is 5.26 Å². The molecule has 7 heteroatoms. The first-order valence-corrected chi connectivity index (χ1v) is 10.4. The number of fused-ring (bicyclic) bond motifs is 1. The summed E-state index contributed by atoms with van der Waals surface area (Å²) in [6, 6.07) is 18.4. The lowest BCUT2D eigenvalue weighted by Crippen LogP contribution is -2.26. The Morgan fingerprint density at radius 1 is 1.14 bits per heavy atom. The van der Waals surface area contributed by atoms with Crippen molar-refractivity contribution in [2.45, 2.75) is 5.92 Å². The van der Waals surface area contributed by atoms with Crippen molar-refractivity contribution < 1.29 is 0 Å². The molecule has 3 N–H and O–H groups in total. The van der Waals surface area contributed by atoms with E-state index in [1.165, 1.54) is 11.8 Å². The van der Waals surface area contributed by atoms with Gasteiger partial charge in [-0.25, -0.2) is 4.98 Å². The summed E-state index contributed by atoms with van der Waals surface area (Å²) in [7, 11) is 3.98. The van der Waals surface area contributed by atoms with Crippen LogP contribution < -0.4 is 10.6 Å². The van der Waals surface area contributed by atoms with Crippen LogP contribution >= 0.6 is 23.1 Å².